The fraction of sp³-hybridized carbons (Fsp3) is 0.533. The Labute approximate surface area is 115 Å². The van der Waals surface area contributed by atoms with Crippen molar-refractivity contribution in [3.63, 3.8) is 0 Å². The fourth-order valence-corrected chi connectivity index (χ4v) is 1.59. The second-order valence-corrected chi connectivity index (χ2v) is 4.37. The second kappa shape index (κ2) is 9.39. The molecular formula is C15H23NO3. The summed E-state index contributed by atoms with van der Waals surface area (Å²) in [6, 6.07) is 7.81. The molecule has 0 atom stereocenters. The zero-order chi connectivity index (χ0) is 13.9. The van der Waals surface area contributed by atoms with Gasteiger partial charge in [0.1, 0.15) is 5.75 Å². The van der Waals surface area contributed by atoms with E-state index in [1.807, 2.05) is 24.3 Å². The SMILES string of the molecule is CCCOc1ccc(CNC(=O)CCCOC)cc1. The molecule has 0 aliphatic carbocycles. The van der Waals surface area contributed by atoms with Crippen LogP contribution in [0.1, 0.15) is 31.7 Å². The van der Waals surface area contributed by atoms with Gasteiger partial charge >= 0.3 is 0 Å². The van der Waals surface area contributed by atoms with Gasteiger partial charge in [-0.25, -0.2) is 0 Å². The molecule has 1 aromatic rings. The van der Waals surface area contributed by atoms with E-state index in [9.17, 15) is 4.79 Å². The van der Waals surface area contributed by atoms with Crippen molar-refractivity contribution in [2.24, 2.45) is 0 Å². The summed E-state index contributed by atoms with van der Waals surface area (Å²) in [6.45, 7) is 3.99. The molecule has 0 aliphatic heterocycles. The Morgan fingerprint density at radius 1 is 1.21 bits per heavy atom. The van der Waals surface area contributed by atoms with E-state index in [0.717, 1.165) is 30.8 Å². The van der Waals surface area contributed by atoms with Crippen molar-refractivity contribution in [2.45, 2.75) is 32.7 Å². The first-order valence-electron chi connectivity index (χ1n) is 6.73. The number of nitrogens with one attached hydrogen (secondary N) is 1. The predicted molar refractivity (Wildman–Crippen MR) is 75.2 cm³/mol. The summed E-state index contributed by atoms with van der Waals surface area (Å²) in [5.41, 5.74) is 1.07. The van der Waals surface area contributed by atoms with Gasteiger partial charge in [-0.05, 0) is 30.5 Å². The monoisotopic (exact) mass is 265 g/mol. The molecule has 19 heavy (non-hydrogen) atoms. The Kier molecular flexibility index (Phi) is 7.66. The normalized spacial score (nSPS) is 10.2. The van der Waals surface area contributed by atoms with Crippen molar-refractivity contribution in [1.29, 1.82) is 0 Å². The van der Waals surface area contributed by atoms with Gasteiger partial charge in [0.05, 0.1) is 6.61 Å². The van der Waals surface area contributed by atoms with Gasteiger partial charge in [-0.15, -0.1) is 0 Å². The van der Waals surface area contributed by atoms with Gasteiger partial charge in [0, 0.05) is 26.7 Å². The number of carbonyl (C=O) groups excluding carboxylic acids is 1. The van der Waals surface area contributed by atoms with Crippen LogP contribution in [0.4, 0.5) is 0 Å². The lowest BCUT2D eigenvalue weighted by atomic mass is 10.2. The molecule has 0 aliphatic rings. The summed E-state index contributed by atoms with van der Waals surface area (Å²) in [7, 11) is 1.64. The van der Waals surface area contributed by atoms with Crippen LogP contribution in [0.25, 0.3) is 0 Å². The zero-order valence-corrected chi connectivity index (χ0v) is 11.8. The Bertz CT molecular complexity index is 362. The molecule has 1 rings (SSSR count). The molecule has 0 bridgehead atoms. The summed E-state index contributed by atoms with van der Waals surface area (Å²) in [5, 5.41) is 2.89. The number of rotatable bonds is 9. The summed E-state index contributed by atoms with van der Waals surface area (Å²) in [6.07, 6.45) is 2.26. The van der Waals surface area contributed by atoms with E-state index >= 15 is 0 Å². The first kappa shape index (κ1) is 15.5. The van der Waals surface area contributed by atoms with Gasteiger partial charge in [-0.1, -0.05) is 19.1 Å². The van der Waals surface area contributed by atoms with Crippen LogP contribution in [0.3, 0.4) is 0 Å². The summed E-state index contributed by atoms with van der Waals surface area (Å²) < 4.78 is 10.4. The number of hydrogen-bond acceptors (Lipinski definition) is 3. The van der Waals surface area contributed by atoms with E-state index in [2.05, 4.69) is 12.2 Å². The molecule has 4 heteroatoms. The maximum Gasteiger partial charge on any atom is 0.220 e. The highest BCUT2D eigenvalue weighted by Gasteiger charge is 2.01. The largest absolute Gasteiger partial charge is 0.494 e. The molecule has 0 fully saturated rings. The third-order valence-corrected chi connectivity index (χ3v) is 2.64. The number of methoxy groups -OCH3 is 1. The molecule has 0 saturated heterocycles. The summed E-state index contributed by atoms with van der Waals surface area (Å²) in [5.74, 6) is 0.931. The Morgan fingerprint density at radius 2 is 1.95 bits per heavy atom. The lowest BCUT2D eigenvalue weighted by molar-refractivity contribution is -0.121. The molecule has 0 saturated carbocycles. The maximum atomic E-state index is 11.5. The predicted octanol–water partition coefficient (Wildman–Crippen LogP) is 2.52. The van der Waals surface area contributed by atoms with Crippen molar-refractivity contribution >= 4 is 5.91 Å². The first-order chi connectivity index (χ1) is 9.26. The molecule has 0 unspecified atom stereocenters. The van der Waals surface area contributed by atoms with Crippen LogP contribution in [-0.4, -0.2) is 26.2 Å². The van der Waals surface area contributed by atoms with Crippen LogP contribution in [0.2, 0.25) is 0 Å². The van der Waals surface area contributed by atoms with E-state index in [-0.39, 0.29) is 5.91 Å². The van der Waals surface area contributed by atoms with E-state index in [0.29, 0.717) is 19.6 Å². The molecule has 0 aromatic heterocycles. The van der Waals surface area contributed by atoms with Crippen molar-refractivity contribution in [3.8, 4) is 5.75 Å². The zero-order valence-electron chi connectivity index (χ0n) is 11.8. The van der Waals surface area contributed by atoms with E-state index in [1.165, 1.54) is 0 Å². The van der Waals surface area contributed by atoms with Gasteiger partial charge in [0.25, 0.3) is 0 Å². The third-order valence-electron chi connectivity index (χ3n) is 2.64. The molecular weight excluding hydrogens is 242 g/mol. The van der Waals surface area contributed by atoms with E-state index < -0.39 is 0 Å². The van der Waals surface area contributed by atoms with Crippen molar-refractivity contribution in [3.05, 3.63) is 29.8 Å². The Morgan fingerprint density at radius 3 is 2.58 bits per heavy atom. The molecule has 0 heterocycles. The summed E-state index contributed by atoms with van der Waals surface area (Å²) >= 11 is 0. The minimum atomic E-state index is 0.0587. The van der Waals surface area contributed by atoms with Crippen LogP contribution in [0.15, 0.2) is 24.3 Å². The van der Waals surface area contributed by atoms with Crippen LogP contribution in [0, 0.1) is 0 Å². The van der Waals surface area contributed by atoms with Gasteiger partial charge < -0.3 is 14.8 Å². The second-order valence-electron chi connectivity index (χ2n) is 4.37. The van der Waals surface area contributed by atoms with Crippen molar-refractivity contribution in [1.82, 2.24) is 5.32 Å². The highest BCUT2D eigenvalue weighted by atomic mass is 16.5. The van der Waals surface area contributed by atoms with Gasteiger partial charge in [0.2, 0.25) is 5.91 Å². The third kappa shape index (κ3) is 6.82. The van der Waals surface area contributed by atoms with Gasteiger partial charge in [-0.3, -0.25) is 4.79 Å². The molecule has 4 nitrogen and oxygen atoms in total. The highest BCUT2D eigenvalue weighted by molar-refractivity contribution is 5.75. The fourth-order valence-electron chi connectivity index (χ4n) is 1.59. The van der Waals surface area contributed by atoms with E-state index in [1.54, 1.807) is 7.11 Å². The minimum absolute atomic E-state index is 0.0587. The number of amides is 1. The number of ether oxygens (including phenoxy) is 2. The molecule has 1 amide bonds. The molecule has 1 N–H and O–H groups in total. The lowest BCUT2D eigenvalue weighted by Crippen LogP contribution is -2.22. The lowest BCUT2D eigenvalue weighted by Gasteiger charge is -2.07. The molecule has 1 aromatic carbocycles. The quantitative estimate of drug-likeness (QED) is 0.698. The van der Waals surface area contributed by atoms with Crippen LogP contribution in [-0.2, 0) is 16.1 Å². The van der Waals surface area contributed by atoms with Crippen LogP contribution < -0.4 is 10.1 Å². The average Bonchev–Trinajstić information content (AvgIpc) is 2.44. The average molecular weight is 265 g/mol. The highest BCUT2D eigenvalue weighted by Crippen LogP contribution is 2.12. The van der Waals surface area contributed by atoms with Crippen molar-refractivity contribution < 1.29 is 14.3 Å². The molecule has 0 radical (unpaired) electrons. The van der Waals surface area contributed by atoms with Crippen molar-refractivity contribution in [2.75, 3.05) is 20.3 Å². The summed E-state index contributed by atoms with van der Waals surface area (Å²) in [4.78, 5) is 11.5. The number of hydrogen-bond donors (Lipinski definition) is 1. The Balaban J connectivity index is 2.27. The minimum Gasteiger partial charge on any atom is -0.494 e. The molecule has 0 spiro atoms. The standard InChI is InChI=1S/C15H23NO3/c1-3-10-19-14-8-6-13(7-9-14)12-16-15(17)5-4-11-18-2/h6-9H,3-5,10-12H2,1-2H3,(H,16,17). The van der Waals surface area contributed by atoms with Crippen LogP contribution >= 0.6 is 0 Å². The number of carbonyl (C=O) groups is 1. The van der Waals surface area contributed by atoms with Crippen LogP contribution in [0.5, 0.6) is 5.75 Å². The molecule has 106 valence electrons. The topological polar surface area (TPSA) is 47.6 Å². The van der Waals surface area contributed by atoms with Gasteiger partial charge in [0.15, 0.2) is 0 Å². The van der Waals surface area contributed by atoms with Gasteiger partial charge in [-0.2, -0.15) is 0 Å². The number of benzene rings is 1. The van der Waals surface area contributed by atoms with E-state index in [4.69, 9.17) is 9.47 Å². The maximum absolute atomic E-state index is 11.5. The Hall–Kier alpha value is -1.55. The first-order valence-corrected chi connectivity index (χ1v) is 6.73. The smallest absolute Gasteiger partial charge is 0.220 e.